The summed E-state index contributed by atoms with van der Waals surface area (Å²) < 4.78 is 18.6. The molecule has 1 amide bonds. The normalized spacial score (nSPS) is 10.8. The summed E-state index contributed by atoms with van der Waals surface area (Å²) in [6.45, 7) is 2.68. The van der Waals surface area contributed by atoms with Gasteiger partial charge in [-0.25, -0.2) is 4.39 Å². The molecule has 146 valence electrons. The van der Waals surface area contributed by atoms with Crippen molar-refractivity contribution in [1.29, 1.82) is 0 Å². The predicted molar refractivity (Wildman–Crippen MR) is 109 cm³/mol. The second-order valence-corrected chi connectivity index (χ2v) is 6.50. The van der Waals surface area contributed by atoms with Crippen molar-refractivity contribution >= 4 is 22.6 Å². The Morgan fingerprint density at radius 1 is 1.00 bits per heavy atom. The smallest absolute Gasteiger partial charge is 0.255 e. The molecule has 0 spiro atoms. The van der Waals surface area contributed by atoms with Crippen LogP contribution in [0.25, 0.3) is 16.7 Å². The number of hydrogen-bond acceptors (Lipinski definition) is 4. The van der Waals surface area contributed by atoms with Gasteiger partial charge < -0.3 is 10.1 Å². The van der Waals surface area contributed by atoms with Crippen LogP contribution in [0.2, 0.25) is 0 Å². The van der Waals surface area contributed by atoms with E-state index in [1.165, 1.54) is 16.9 Å². The molecule has 0 saturated carbocycles. The van der Waals surface area contributed by atoms with Crippen molar-refractivity contribution in [3.05, 3.63) is 78.1 Å². The average molecular weight is 390 g/mol. The third-order valence-electron chi connectivity index (χ3n) is 4.29. The highest BCUT2D eigenvalue weighted by Crippen LogP contribution is 2.19. The molecule has 0 radical (unpaired) electrons. The number of nitrogens with one attached hydrogen (secondary N) is 1. The highest BCUT2D eigenvalue weighted by Gasteiger charge is 2.10. The third kappa shape index (κ3) is 4.24. The van der Waals surface area contributed by atoms with Gasteiger partial charge in [-0.05, 0) is 73.2 Å². The fourth-order valence-corrected chi connectivity index (χ4v) is 2.81. The number of halogens is 1. The van der Waals surface area contributed by atoms with E-state index < -0.39 is 0 Å². The molecule has 0 atom stereocenters. The highest BCUT2D eigenvalue weighted by atomic mass is 19.1. The van der Waals surface area contributed by atoms with Crippen LogP contribution in [0.3, 0.4) is 0 Å². The largest absolute Gasteiger partial charge is 0.494 e. The van der Waals surface area contributed by atoms with Gasteiger partial charge in [-0.3, -0.25) is 4.79 Å². The van der Waals surface area contributed by atoms with Crippen LogP contribution in [0.1, 0.15) is 23.7 Å². The van der Waals surface area contributed by atoms with Crippen LogP contribution in [0.15, 0.2) is 66.7 Å². The zero-order valence-corrected chi connectivity index (χ0v) is 15.8. The van der Waals surface area contributed by atoms with Crippen LogP contribution < -0.4 is 10.1 Å². The van der Waals surface area contributed by atoms with E-state index in [2.05, 4.69) is 15.5 Å². The monoisotopic (exact) mass is 390 g/mol. The first-order valence-corrected chi connectivity index (χ1v) is 9.29. The van der Waals surface area contributed by atoms with Crippen LogP contribution in [-0.4, -0.2) is 27.5 Å². The summed E-state index contributed by atoms with van der Waals surface area (Å²) in [5.74, 6) is 0.194. The number of nitrogens with zero attached hydrogens (tertiary/aromatic N) is 3. The molecule has 0 aliphatic heterocycles. The SMILES string of the molecule is CCCOc1ccc(C(=O)Nc2ccc3nn(-c4ccc(F)cc4)nc3c2)cc1. The molecule has 1 N–H and O–H groups in total. The Morgan fingerprint density at radius 2 is 1.72 bits per heavy atom. The lowest BCUT2D eigenvalue weighted by atomic mass is 10.2. The van der Waals surface area contributed by atoms with Crippen LogP contribution >= 0.6 is 0 Å². The molecule has 7 heteroatoms. The quantitative estimate of drug-likeness (QED) is 0.522. The molecule has 0 bridgehead atoms. The lowest BCUT2D eigenvalue weighted by Crippen LogP contribution is -2.11. The van der Waals surface area contributed by atoms with E-state index in [0.29, 0.717) is 34.6 Å². The van der Waals surface area contributed by atoms with E-state index in [4.69, 9.17) is 4.74 Å². The van der Waals surface area contributed by atoms with Gasteiger partial charge in [-0.2, -0.15) is 4.80 Å². The Balaban J connectivity index is 1.50. The van der Waals surface area contributed by atoms with E-state index in [-0.39, 0.29) is 11.7 Å². The Kier molecular flexibility index (Phi) is 5.20. The van der Waals surface area contributed by atoms with Gasteiger partial charge in [0.15, 0.2) is 0 Å². The number of ether oxygens (including phenoxy) is 1. The number of rotatable bonds is 6. The van der Waals surface area contributed by atoms with Crippen molar-refractivity contribution in [1.82, 2.24) is 15.0 Å². The minimum atomic E-state index is -0.319. The molecular formula is C22H19FN4O2. The van der Waals surface area contributed by atoms with Crippen molar-refractivity contribution < 1.29 is 13.9 Å². The van der Waals surface area contributed by atoms with Crippen molar-refractivity contribution in [3.8, 4) is 11.4 Å². The number of anilines is 1. The maximum atomic E-state index is 13.1. The van der Waals surface area contributed by atoms with Crippen molar-refractivity contribution in [3.63, 3.8) is 0 Å². The Hall–Kier alpha value is -3.74. The number of hydrogen-bond donors (Lipinski definition) is 1. The van der Waals surface area contributed by atoms with Gasteiger partial charge in [0.05, 0.1) is 12.3 Å². The van der Waals surface area contributed by atoms with E-state index in [1.807, 2.05) is 6.92 Å². The first-order chi connectivity index (χ1) is 14.1. The van der Waals surface area contributed by atoms with E-state index in [1.54, 1.807) is 54.6 Å². The number of fused-ring (bicyclic) bond motifs is 1. The first-order valence-electron chi connectivity index (χ1n) is 9.29. The summed E-state index contributed by atoms with van der Waals surface area (Å²) in [4.78, 5) is 13.9. The van der Waals surface area contributed by atoms with Crippen LogP contribution in [0.5, 0.6) is 5.75 Å². The summed E-state index contributed by atoms with van der Waals surface area (Å²) in [6.07, 6.45) is 0.927. The molecule has 4 aromatic rings. The van der Waals surface area contributed by atoms with Crippen LogP contribution in [-0.2, 0) is 0 Å². The number of benzene rings is 3. The Morgan fingerprint density at radius 3 is 2.45 bits per heavy atom. The molecule has 4 rings (SSSR count). The fourth-order valence-electron chi connectivity index (χ4n) is 2.81. The number of aromatic nitrogens is 3. The molecule has 0 aliphatic rings. The van der Waals surface area contributed by atoms with Crippen molar-refractivity contribution in [2.24, 2.45) is 0 Å². The van der Waals surface area contributed by atoms with Gasteiger partial charge in [-0.1, -0.05) is 6.92 Å². The molecule has 3 aromatic carbocycles. The maximum Gasteiger partial charge on any atom is 0.255 e. The fraction of sp³-hybridized carbons (Fsp3) is 0.136. The second-order valence-electron chi connectivity index (χ2n) is 6.50. The zero-order valence-electron chi connectivity index (χ0n) is 15.8. The molecular weight excluding hydrogens is 371 g/mol. The van der Waals surface area contributed by atoms with Gasteiger partial charge in [0.2, 0.25) is 0 Å². The summed E-state index contributed by atoms with van der Waals surface area (Å²) >= 11 is 0. The highest BCUT2D eigenvalue weighted by molar-refractivity contribution is 6.05. The summed E-state index contributed by atoms with van der Waals surface area (Å²) in [6, 6.07) is 18.2. The third-order valence-corrected chi connectivity index (χ3v) is 4.29. The van der Waals surface area contributed by atoms with Gasteiger partial charge in [-0.15, -0.1) is 10.2 Å². The number of amides is 1. The first kappa shape index (κ1) is 18.6. The Bertz CT molecular complexity index is 1140. The summed E-state index contributed by atoms with van der Waals surface area (Å²) in [7, 11) is 0. The topological polar surface area (TPSA) is 69.0 Å². The van der Waals surface area contributed by atoms with Gasteiger partial charge in [0, 0.05) is 11.3 Å². The second kappa shape index (κ2) is 8.10. The molecule has 6 nitrogen and oxygen atoms in total. The molecule has 29 heavy (non-hydrogen) atoms. The average Bonchev–Trinajstić information content (AvgIpc) is 3.16. The number of carbonyl (C=O) groups excluding carboxylic acids is 1. The van der Waals surface area contributed by atoms with Gasteiger partial charge in [0.25, 0.3) is 5.91 Å². The lowest BCUT2D eigenvalue weighted by Gasteiger charge is -2.07. The van der Waals surface area contributed by atoms with Gasteiger partial charge >= 0.3 is 0 Å². The summed E-state index contributed by atoms with van der Waals surface area (Å²) in [5, 5.41) is 11.7. The standard InChI is InChI=1S/C22H19FN4O2/c1-2-13-29-19-10-3-15(4-11-19)22(28)24-17-7-12-20-21(14-17)26-27(25-20)18-8-5-16(23)6-9-18/h3-12,14H,2,13H2,1H3,(H,24,28). The molecule has 1 aromatic heterocycles. The summed E-state index contributed by atoms with van der Waals surface area (Å²) in [5.41, 5.74) is 3.09. The number of carbonyl (C=O) groups is 1. The van der Waals surface area contributed by atoms with Crippen LogP contribution in [0, 0.1) is 5.82 Å². The Labute approximate surface area is 166 Å². The zero-order chi connectivity index (χ0) is 20.2. The molecule has 1 heterocycles. The minimum Gasteiger partial charge on any atom is -0.494 e. The molecule has 0 aliphatic carbocycles. The molecule has 0 fully saturated rings. The van der Waals surface area contributed by atoms with Crippen LogP contribution in [0.4, 0.5) is 10.1 Å². The lowest BCUT2D eigenvalue weighted by molar-refractivity contribution is 0.102. The van der Waals surface area contributed by atoms with E-state index in [0.717, 1.165) is 12.2 Å². The van der Waals surface area contributed by atoms with Crippen molar-refractivity contribution in [2.45, 2.75) is 13.3 Å². The minimum absolute atomic E-state index is 0.225. The van der Waals surface area contributed by atoms with Crippen molar-refractivity contribution in [2.75, 3.05) is 11.9 Å². The van der Waals surface area contributed by atoms with E-state index >= 15 is 0 Å². The van der Waals surface area contributed by atoms with Gasteiger partial charge in [0.1, 0.15) is 22.6 Å². The predicted octanol–water partition coefficient (Wildman–Crippen LogP) is 4.60. The molecule has 0 saturated heterocycles. The molecule has 0 unspecified atom stereocenters. The maximum absolute atomic E-state index is 13.1. The van der Waals surface area contributed by atoms with E-state index in [9.17, 15) is 9.18 Å².